The lowest BCUT2D eigenvalue weighted by atomic mass is 10.2. The van der Waals surface area contributed by atoms with Crippen LogP contribution in [0.4, 0.5) is 0 Å². The Morgan fingerprint density at radius 3 is 2.39 bits per heavy atom. The zero-order valence-electron chi connectivity index (χ0n) is 16.0. The highest BCUT2D eigenvalue weighted by atomic mass is 35.5. The van der Waals surface area contributed by atoms with E-state index in [4.69, 9.17) is 11.6 Å². The van der Waals surface area contributed by atoms with Gasteiger partial charge < -0.3 is 9.80 Å². The van der Waals surface area contributed by atoms with Crippen LogP contribution in [0.3, 0.4) is 0 Å². The molecule has 1 amide bonds. The summed E-state index contributed by atoms with van der Waals surface area (Å²) < 4.78 is 1.87. The Balaban J connectivity index is 0.00000196. The molecule has 0 aliphatic carbocycles. The summed E-state index contributed by atoms with van der Waals surface area (Å²) in [6, 6.07) is 11.2. The van der Waals surface area contributed by atoms with Gasteiger partial charge in [-0.1, -0.05) is 11.6 Å². The molecule has 0 bridgehead atoms. The Morgan fingerprint density at radius 2 is 1.75 bits per heavy atom. The average Bonchev–Trinajstić information content (AvgIpc) is 2.99. The van der Waals surface area contributed by atoms with Gasteiger partial charge in [0.15, 0.2) is 5.65 Å². The maximum absolute atomic E-state index is 12.7. The van der Waals surface area contributed by atoms with Gasteiger partial charge in [0.05, 0.1) is 0 Å². The summed E-state index contributed by atoms with van der Waals surface area (Å²) >= 11 is 6.00. The predicted molar refractivity (Wildman–Crippen MR) is 119 cm³/mol. The summed E-state index contributed by atoms with van der Waals surface area (Å²) in [6.45, 7) is 1.67. The van der Waals surface area contributed by atoms with Crippen LogP contribution in [0, 0.1) is 0 Å². The normalized spacial score (nSPS) is 10.5. The maximum Gasteiger partial charge on any atom is 0.242 e. The van der Waals surface area contributed by atoms with Crippen molar-refractivity contribution in [2.24, 2.45) is 0 Å². The third-order valence-electron chi connectivity index (χ3n) is 4.21. The van der Waals surface area contributed by atoms with E-state index in [1.54, 1.807) is 11.1 Å². The molecule has 0 fully saturated rings. The number of halogens is 3. The second-order valence-electron chi connectivity index (χ2n) is 6.49. The molecule has 0 radical (unpaired) electrons. The number of rotatable bonds is 6. The lowest BCUT2D eigenvalue weighted by molar-refractivity contribution is -0.130. The van der Waals surface area contributed by atoms with Crippen LogP contribution in [0.15, 0.2) is 42.6 Å². The van der Waals surface area contributed by atoms with E-state index < -0.39 is 0 Å². The molecule has 6 nitrogen and oxygen atoms in total. The maximum atomic E-state index is 12.7. The van der Waals surface area contributed by atoms with Crippen molar-refractivity contribution in [3.8, 4) is 11.4 Å². The van der Waals surface area contributed by atoms with E-state index >= 15 is 0 Å². The van der Waals surface area contributed by atoms with Gasteiger partial charge in [-0.15, -0.1) is 24.8 Å². The van der Waals surface area contributed by atoms with Gasteiger partial charge in [0.25, 0.3) is 0 Å². The van der Waals surface area contributed by atoms with E-state index in [9.17, 15) is 4.79 Å². The molecule has 2 heterocycles. The lowest BCUT2D eigenvalue weighted by Crippen LogP contribution is -2.35. The van der Waals surface area contributed by atoms with E-state index in [2.05, 4.69) is 14.9 Å². The number of aromatic nitrogens is 3. The summed E-state index contributed by atoms with van der Waals surface area (Å²) in [6.07, 6.45) is 1.71. The van der Waals surface area contributed by atoms with E-state index in [0.717, 1.165) is 17.6 Å². The largest absolute Gasteiger partial charge is 0.343 e. The van der Waals surface area contributed by atoms with Crippen LogP contribution in [0.1, 0.15) is 0 Å². The number of amides is 1. The second kappa shape index (κ2) is 10.6. The zero-order valence-corrected chi connectivity index (χ0v) is 18.4. The zero-order chi connectivity index (χ0) is 18.7. The minimum atomic E-state index is 0. The predicted octanol–water partition coefficient (Wildman–Crippen LogP) is 3.62. The molecule has 0 saturated carbocycles. The minimum absolute atomic E-state index is 0. The van der Waals surface area contributed by atoms with Crippen LogP contribution in [-0.2, 0) is 11.3 Å². The molecule has 0 N–H and O–H groups in total. The molecule has 152 valence electrons. The van der Waals surface area contributed by atoms with Gasteiger partial charge in [-0.2, -0.15) is 0 Å². The minimum Gasteiger partial charge on any atom is -0.343 e. The lowest BCUT2D eigenvalue weighted by Gasteiger charge is -2.20. The van der Waals surface area contributed by atoms with E-state index in [1.165, 1.54) is 0 Å². The summed E-state index contributed by atoms with van der Waals surface area (Å²) in [5.74, 6) is 0.733. The van der Waals surface area contributed by atoms with Crippen LogP contribution < -0.4 is 0 Å². The standard InChI is InChI=1S/C19H22ClN5O.2ClH/c1-23(2)11-12-24(3)17(26)13-25-18(14-6-8-15(20)9-7-14)22-16-5-4-10-21-19(16)25;;/h4-10H,11-13H2,1-3H3;2*1H. The number of fused-ring (bicyclic) bond motifs is 1. The molecule has 9 heteroatoms. The highest BCUT2D eigenvalue weighted by Crippen LogP contribution is 2.25. The first-order chi connectivity index (χ1) is 12.5. The number of carbonyl (C=O) groups excluding carboxylic acids is 1. The fourth-order valence-electron chi connectivity index (χ4n) is 2.66. The fraction of sp³-hybridized carbons (Fsp3) is 0.316. The number of benzene rings is 1. The molecule has 0 saturated heterocycles. The number of nitrogens with zero attached hydrogens (tertiary/aromatic N) is 5. The van der Waals surface area contributed by atoms with Crippen molar-refractivity contribution < 1.29 is 4.79 Å². The molecule has 2 aromatic heterocycles. The number of pyridine rings is 1. The number of carbonyl (C=O) groups is 1. The van der Waals surface area contributed by atoms with Crippen molar-refractivity contribution in [3.63, 3.8) is 0 Å². The molecule has 1 aromatic carbocycles. The second-order valence-corrected chi connectivity index (χ2v) is 6.93. The Labute approximate surface area is 182 Å². The number of likely N-dealkylation sites (N-methyl/N-ethyl adjacent to an activating group) is 2. The monoisotopic (exact) mass is 443 g/mol. The van der Waals surface area contributed by atoms with Crippen molar-refractivity contribution in [2.75, 3.05) is 34.2 Å². The first-order valence-corrected chi connectivity index (χ1v) is 8.79. The smallest absolute Gasteiger partial charge is 0.242 e. The quantitative estimate of drug-likeness (QED) is 0.583. The van der Waals surface area contributed by atoms with Gasteiger partial charge in [-0.3, -0.25) is 9.36 Å². The fourth-order valence-corrected chi connectivity index (χ4v) is 2.78. The van der Waals surface area contributed by atoms with E-state index in [1.807, 2.05) is 62.1 Å². The van der Waals surface area contributed by atoms with Gasteiger partial charge in [-0.25, -0.2) is 9.97 Å². The van der Waals surface area contributed by atoms with Gasteiger partial charge in [0.1, 0.15) is 17.9 Å². The van der Waals surface area contributed by atoms with E-state index in [-0.39, 0.29) is 37.3 Å². The Morgan fingerprint density at radius 1 is 1.07 bits per heavy atom. The van der Waals surface area contributed by atoms with Crippen LogP contribution in [0.2, 0.25) is 5.02 Å². The SMILES string of the molecule is CN(C)CCN(C)C(=O)Cn1c(-c2ccc(Cl)cc2)nc2cccnc21.Cl.Cl. The third-order valence-corrected chi connectivity index (χ3v) is 4.46. The first-order valence-electron chi connectivity index (χ1n) is 8.41. The molecule has 0 aliphatic rings. The van der Waals surface area contributed by atoms with Gasteiger partial charge in [-0.05, 0) is 50.5 Å². The van der Waals surface area contributed by atoms with Gasteiger partial charge in [0, 0.05) is 36.9 Å². The van der Waals surface area contributed by atoms with Crippen molar-refractivity contribution in [2.45, 2.75) is 6.54 Å². The summed E-state index contributed by atoms with van der Waals surface area (Å²) in [7, 11) is 5.80. The first kappa shape index (κ1) is 24.2. The summed E-state index contributed by atoms with van der Waals surface area (Å²) in [4.78, 5) is 25.6. The Hall–Kier alpha value is -1.86. The van der Waals surface area contributed by atoms with Gasteiger partial charge in [0.2, 0.25) is 5.91 Å². The summed E-state index contributed by atoms with van der Waals surface area (Å²) in [5, 5.41) is 0.661. The molecular formula is C19H24Cl3N5O. The number of hydrogen-bond acceptors (Lipinski definition) is 4. The number of hydrogen-bond donors (Lipinski definition) is 0. The van der Waals surface area contributed by atoms with E-state index in [0.29, 0.717) is 23.0 Å². The van der Waals surface area contributed by atoms with Crippen LogP contribution in [0.5, 0.6) is 0 Å². The molecule has 0 unspecified atom stereocenters. The number of imidazole rings is 1. The van der Waals surface area contributed by atoms with Crippen LogP contribution in [0.25, 0.3) is 22.6 Å². The van der Waals surface area contributed by atoms with Crippen LogP contribution >= 0.6 is 36.4 Å². The molecule has 0 atom stereocenters. The van der Waals surface area contributed by atoms with Crippen molar-refractivity contribution in [1.29, 1.82) is 0 Å². The molecular weight excluding hydrogens is 421 g/mol. The molecule has 3 aromatic rings. The van der Waals surface area contributed by atoms with Crippen molar-refractivity contribution >= 4 is 53.5 Å². The molecule has 0 aliphatic heterocycles. The van der Waals surface area contributed by atoms with Gasteiger partial charge >= 0.3 is 0 Å². The Kier molecular flexibility index (Phi) is 9.17. The van der Waals surface area contributed by atoms with Crippen LogP contribution in [-0.4, -0.2) is 64.5 Å². The molecule has 28 heavy (non-hydrogen) atoms. The highest BCUT2D eigenvalue weighted by Gasteiger charge is 2.18. The highest BCUT2D eigenvalue weighted by molar-refractivity contribution is 6.30. The molecule has 0 spiro atoms. The van der Waals surface area contributed by atoms with Crippen molar-refractivity contribution in [1.82, 2.24) is 24.3 Å². The topological polar surface area (TPSA) is 54.3 Å². The third kappa shape index (κ3) is 5.58. The average molecular weight is 445 g/mol. The summed E-state index contributed by atoms with van der Waals surface area (Å²) in [5.41, 5.74) is 2.36. The Bertz CT molecular complexity index is 912. The van der Waals surface area contributed by atoms with Crippen molar-refractivity contribution in [3.05, 3.63) is 47.6 Å². The molecule has 3 rings (SSSR count).